The van der Waals surface area contributed by atoms with Gasteiger partial charge in [-0.3, -0.25) is 14.8 Å². The van der Waals surface area contributed by atoms with Gasteiger partial charge in [0.1, 0.15) is 0 Å². The summed E-state index contributed by atoms with van der Waals surface area (Å²) < 4.78 is 6.56. The van der Waals surface area contributed by atoms with Crippen LogP contribution >= 0.6 is 11.8 Å². The molecule has 0 unspecified atom stereocenters. The molecule has 0 bridgehead atoms. The minimum absolute atomic E-state index is 0.235. The van der Waals surface area contributed by atoms with E-state index in [9.17, 15) is 9.59 Å². The molecule has 8 heteroatoms. The molecule has 0 spiro atoms. The van der Waals surface area contributed by atoms with E-state index >= 15 is 0 Å². The summed E-state index contributed by atoms with van der Waals surface area (Å²) in [6.45, 7) is 1.91. The van der Waals surface area contributed by atoms with Crippen molar-refractivity contribution < 1.29 is 14.3 Å². The number of hydrogen-bond acceptors (Lipinski definition) is 5. The SMILES string of the molecule is CCOC(=O)NNC(=O)c1ccc(-n2ccnc2SC)cc1. The summed E-state index contributed by atoms with van der Waals surface area (Å²) >= 11 is 1.53. The highest BCUT2D eigenvalue weighted by Gasteiger charge is 2.09. The predicted molar refractivity (Wildman–Crippen MR) is 83.0 cm³/mol. The molecule has 0 saturated heterocycles. The van der Waals surface area contributed by atoms with Crippen LogP contribution < -0.4 is 10.9 Å². The minimum Gasteiger partial charge on any atom is -0.449 e. The number of rotatable bonds is 4. The second kappa shape index (κ2) is 7.51. The van der Waals surface area contributed by atoms with Gasteiger partial charge in [-0.25, -0.2) is 15.2 Å². The Balaban J connectivity index is 2.02. The molecule has 2 rings (SSSR count). The highest BCUT2D eigenvalue weighted by atomic mass is 32.2. The number of imidazole rings is 1. The first-order valence-corrected chi connectivity index (χ1v) is 7.79. The zero-order chi connectivity index (χ0) is 15.9. The molecule has 0 aliphatic carbocycles. The lowest BCUT2D eigenvalue weighted by atomic mass is 10.2. The molecule has 2 N–H and O–H groups in total. The van der Waals surface area contributed by atoms with Gasteiger partial charge in [-0.05, 0) is 37.4 Å². The summed E-state index contributed by atoms with van der Waals surface area (Å²) in [6.07, 6.45) is 4.82. The molecule has 1 heterocycles. The van der Waals surface area contributed by atoms with E-state index in [1.54, 1.807) is 37.4 Å². The van der Waals surface area contributed by atoms with Crippen LogP contribution in [0, 0.1) is 0 Å². The lowest BCUT2D eigenvalue weighted by Crippen LogP contribution is -2.41. The third kappa shape index (κ3) is 3.79. The van der Waals surface area contributed by atoms with Gasteiger partial charge in [0, 0.05) is 23.6 Å². The Hall–Kier alpha value is -2.48. The summed E-state index contributed by atoms with van der Waals surface area (Å²) in [5.41, 5.74) is 5.76. The van der Waals surface area contributed by atoms with Crippen LogP contribution in [0.5, 0.6) is 0 Å². The normalized spacial score (nSPS) is 10.1. The van der Waals surface area contributed by atoms with E-state index in [4.69, 9.17) is 0 Å². The van der Waals surface area contributed by atoms with Crippen molar-refractivity contribution in [1.82, 2.24) is 20.4 Å². The fourth-order valence-electron chi connectivity index (χ4n) is 1.76. The van der Waals surface area contributed by atoms with Gasteiger partial charge in [0.25, 0.3) is 5.91 Å². The van der Waals surface area contributed by atoms with Crippen molar-refractivity contribution in [1.29, 1.82) is 0 Å². The number of nitrogens with zero attached hydrogens (tertiary/aromatic N) is 2. The summed E-state index contributed by atoms with van der Waals surface area (Å²) in [4.78, 5) is 27.2. The van der Waals surface area contributed by atoms with Crippen molar-refractivity contribution in [3.8, 4) is 5.69 Å². The van der Waals surface area contributed by atoms with E-state index < -0.39 is 12.0 Å². The summed E-state index contributed by atoms with van der Waals surface area (Å²) in [6, 6.07) is 6.95. The van der Waals surface area contributed by atoms with Crippen LogP contribution in [0.15, 0.2) is 41.8 Å². The average Bonchev–Trinajstić information content (AvgIpc) is 3.01. The van der Waals surface area contributed by atoms with E-state index in [0.717, 1.165) is 10.8 Å². The molecule has 0 radical (unpaired) electrons. The zero-order valence-corrected chi connectivity index (χ0v) is 13.0. The Morgan fingerprint density at radius 1 is 1.27 bits per heavy atom. The lowest BCUT2D eigenvalue weighted by Gasteiger charge is -2.09. The Morgan fingerprint density at radius 2 is 2.00 bits per heavy atom. The van der Waals surface area contributed by atoms with E-state index in [1.807, 2.05) is 17.0 Å². The number of hydrogen-bond donors (Lipinski definition) is 2. The Morgan fingerprint density at radius 3 is 2.64 bits per heavy atom. The summed E-state index contributed by atoms with van der Waals surface area (Å²) in [5, 5.41) is 0.862. The third-order valence-electron chi connectivity index (χ3n) is 2.75. The third-order valence-corrected chi connectivity index (χ3v) is 3.42. The smallest absolute Gasteiger partial charge is 0.426 e. The molecular weight excluding hydrogens is 304 g/mol. The van der Waals surface area contributed by atoms with E-state index in [0.29, 0.717) is 5.56 Å². The average molecular weight is 320 g/mol. The second-order valence-corrected chi connectivity index (χ2v) is 4.90. The molecule has 0 aliphatic rings. The standard InChI is InChI=1S/C14H16N4O3S/c1-3-21-14(20)17-16-12(19)10-4-6-11(7-5-10)18-9-8-15-13(18)22-2/h4-9H,3H2,1-2H3,(H,16,19)(H,17,20). The molecule has 7 nitrogen and oxygen atoms in total. The van der Waals surface area contributed by atoms with Gasteiger partial charge in [-0.2, -0.15) is 0 Å². The van der Waals surface area contributed by atoms with Crippen molar-refractivity contribution >= 4 is 23.8 Å². The van der Waals surface area contributed by atoms with Gasteiger partial charge in [-0.15, -0.1) is 0 Å². The molecule has 0 fully saturated rings. The molecule has 0 atom stereocenters. The number of hydrazine groups is 1. The topological polar surface area (TPSA) is 85.3 Å². The number of aromatic nitrogens is 2. The highest BCUT2D eigenvalue weighted by molar-refractivity contribution is 7.98. The molecule has 2 amide bonds. The van der Waals surface area contributed by atoms with Crippen molar-refractivity contribution in [3.05, 3.63) is 42.2 Å². The van der Waals surface area contributed by atoms with Crippen molar-refractivity contribution in [3.63, 3.8) is 0 Å². The molecule has 2 aromatic rings. The molecular formula is C14H16N4O3S. The van der Waals surface area contributed by atoms with Gasteiger partial charge < -0.3 is 4.74 Å². The van der Waals surface area contributed by atoms with Crippen LogP contribution in [-0.2, 0) is 4.74 Å². The largest absolute Gasteiger partial charge is 0.449 e. The maximum absolute atomic E-state index is 11.9. The molecule has 22 heavy (non-hydrogen) atoms. The van der Waals surface area contributed by atoms with E-state index in [-0.39, 0.29) is 6.61 Å². The fraction of sp³-hybridized carbons (Fsp3) is 0.214. The van der Waals surface area contributed by atoms with Crippen LogP contribution in [0.4, 0.5) is 4.79 Å². The lowest BCUT2D eigenvalue weighted by molar-refractivity contribution is 0.0912. The van der Waals surface area contributed by atoms with Crippen LogP contribution in [-0.4, -0.2) is 34.4 Å². The maximum atomic E-state index is 11.9. The van der Waals surface area contributed by atoms with Crippen molar-refractivity contribution in [2.45, 2.75) is 12.1 Å². The Kier molecular flexibility index (Phi) is 5.42. The second-order valence-electron chi connectivity index (χ2n) is 4.13. The molecule has 1 aromatic heterocycles. The van der Waals surface area contributed by atoms with Crippen LogP contribution in [0.3, 0.4) is 0 Å². The first kappa shape index (κ1) is 15.9. The van der Waals surface area contributed by atoms with Crippen LogP contribution in [0.1, 0.15) is 17.3 Å². The van der Waals surface area contributed by atoms with E-state index in [2.05, 4.69) is 20.6 Å². The number of ether oxygens (including phenoxy) is 1. The molecule has 0 saturated carbocycles. The Labute approximate surface area is 132 Å². The molecule has 116 valence electrons. The first-order valence-electron chi connectivity index (χ1n) is 6.56. The van der Waals surface area contributed by atoms with E-state index in [1.165, 1.54) is 11.8 Å². The number of nitrogens with one attached hydrogen (secondary N) is 2. The van der Waals surface area contributed by atoms with Crippen LogP contribution in [0.2, 0.25) is 0 Å². The minimum atomic E-state index is -0.699. The summed E-state index contributed by atoms with van der Waals surface area (Å²) in [5.74, 6) is -0.421. The number of benzene rings is 1. The quantitative estimate of drug-likeness (QED) is 0.665. The first-order chi connectivity index (χ1) is 10.7. The maximum Gasteiger partial charge on any atom is 0.426 e. The fourth-order valence-corrected chi connectivity index (χ4v) is 2.29. The monoisotopic (exact) mass is 320 g/mol. The summed E-state index contributed by atoms with van der Waals surface area (Å²) in [7, 11) is 0. The highest BCUT2D eigenvalue weighted by Crippen LogP contribution is 2.18. The zero-order valence-electron chi connectivity index (χ0n) is 12.2. The number of amides is 2. The number of carbonyl (C=O) groups is 2. The number of thioether (sulfide) groups is 1. The predicted octanol–water partition coefficient (Wildman–Crippen LogP) is 1.99. The molecule has 1 aromatic carbocycles. The van der Waals surface area contributed by atoms with Gasteiger partial charge in [-0.1, -0.05) is 11.8 Å². The van der Waals surface area contributed by atoms with Gasteiger partial charge in [0.2, 0.25) is 0 Å². The van der Waals surface area contributed by atoms with Gasteiger partial charge >= 0.3 is 6.09 Å². The van der Waals surface area contributed by atoms with Crippen molar-refractivity contribution in [2.75, 3.05) is 12.9 Å². The van der Waals surface area contributed by atoms with Crippen molar-refractivity contribution in [2.24, 2.45) is 0 Å². The number of carbonyl (C=O) groups excluding carboxylic acids is 2. The van der Waals surface area contributed by atoms with Crippen LogP contribution in [0.25, 0.3) is 5.69 Å². The Bertz CT molecular complexity index is 654. The van der Waals surface area contributed by atoms with Gasteiger partial charge in [0.05, 0.1) is 6.61 Å². The van der Waals surface area contributed by atoms with Gasteiger partial charge in [0.15, 0.2) is 5.16 Å². The molecule has 0 aliphatic heterocycles.